The van der Waals surface area contributed by atoms with Crippen LogP contribution in [0.5, 0.6) is 0 Å². The zero-order chi connectivity index (χ0) is 47.6. The molecule has 2 amide bonds. The van der Waals surface area contributed by atoms with Crippen LogP contribution < -0.4 is 20.7 Å². The van der Waals surface area contributed by atoms with Crippen LogP contribution in [0, 0.1) is 0 Å². The number of hydrogen-bond donors (Lipinski definition) is 4. The van der Waals surface area contributed by atoms with Crippen molar-refractivity contribution >= 4 is 72.2 Å². The van der Waals surface area contributed by atoms with Crippen molar-refractivity contribution in [2.24, 2.45) is 0 Å². The number of carbonyl (C=O) groups excluding carboxylic acids is 2. The minimum absolute atomic E-state index is 0.0770. The molecule has 1 aliphatic heterocycles. The Morgan fingerprint density at radius 1 is 0.908 bits per heavy atom. The zero-order valence-corrected chi connectivity index (χ0v) is 39.9. The number of alkyl halides is 3. The molecule has 4 aromatic carbocycles. The van der Waals surface area contributed by atoms with Crippen molar-refractivity contribution in [3.8, 4) is 0 Å². The Balaban J connectivity index is 1.22. The molecule has 65 heavy (non-hydrogen) atoms. The highest BCUT2D eigenvalue weighted by Crippen LogP contribution is 2.37. The molecule has 0 aromatic heterocycles. The lowest BCUT2D eigenvalue weighted by molar-refractivity contribution is -0.0436. The molecule has 4 aromatic rings. The van der Waals surface area contributed by atoms with Gasteiger partial charge in [-0.15, -0.1) is 11.8 Å². The number of sulfone groups is 1. The molecule has 1 atom stereocenters. The summed E-state index contributed by atoms with van der Waals surface area (Å²) in [6.45, 7) is 8.32. The Kier molecular flexibility index (Phi) is 17.4. The second-order valence-electron chi connectivity index (χ2n) is 16.5. The van der Waals surface area contributed by atoms with Gasteiger partial charge < -0.3 is 30.5 Å². The van der Waals surface area contributed by atoms with Gasteiger partial charge in [0, 0.05) is 65.7 Å². The monoisotopic (exact) mass is 978 g/mol. The average molecular weight is 980 g/mol. The first-order chi connectivity index (χ1) is 30.5. The summed E-state index contributed by atoms with van der Waals surface area (Å²) < 4.78 is 102. The third-order valence-corrected chi connectivity index (χ3v) is 14.2. The van der Waals surface area contributed by atoms with E-state index in [4.69, 9.17) is 16.3 Å². The van der Waals surface area contributed by atoms with Crippen molar-refractivity contribution in [1.82, 2.24) is 19.8 Å². The Morgan fingerprint density at radius 2 is 1.58 bits per heavy atom. The number of thioether (sulfide) groups is 1. The number of sulfonamides is 1. The maximum atomic E-state index is 14.0. The molecule has 0 unspecified atom stereocenters. The molecule has 0 saturated carbocycles. The van der Waals surface area contributed by atoms with Crippen LogP contribution in [-0.2, 0) is 24.6 Å². The number of nitrogens with zero attached hydrogens (tertiary/aromatic N) is 2. The number of rotatable bonds is 19. The second-order valence-corrected chi connectivity index (χ2v) is 21.6. The fourth-order valence-electron chi connectivity index (χ4n) is 6.67. The molecule has 4 N–H and O–H groups in total. The molecule has 0 bridgehead atoms. The predicted octanol–water partition coefficient (Wildman–Crippen LogP) is 8.37. The average Bonchev–Trinajstić information content (AvgIpc) is 3.24. The lowest BCUT2D eigenvalue weighted by Gasteiger charge is -2.33. The first-order valence-electron chi connectivity index (χ1n) is 20.6. The summed E-state index contributed by atoms with van der Waals surface area (Å²) in [7, 11) is -7.28. The van der Waals surface area contributed by atoms with Gasteiger partial charge in [0.05, 0.1) is 10.6 Å². The summed E-state index contributed by atoms with van der Waals surface area (Å²) in [6, 6.07) is 24.5. The molecule has 0 spiro atoms. The largest absolute Gasteiger partial charge is 0.501 e. The lowest BCUT2D eigenvalue weighted by atomic mass is 9.93. The number of anilines is 2. The van der Waals surface area contributed by atoms with Crippen molar-refractivity contribution in [3.05, 3.63) is 119 Å². The van der Waals surface area contributed by atoms with Crippen molar-refractivity contribution < 1.29 is 44.3 Å². The smallest absolute Gasteiger partial charge is 0.444 e. The van der Waals surface area contributed by atoms with Gasteiger partial charge in [-0.3, -0.25) is 4.79 Å². The zero-order valence-electron chi connectivity index (χ0n) is 36.7. The number of hydrogen-bond acceptors (Lipinski definition) is 12. The second kappa shape index (κ2) is 22.1. The minimum Gasteiger partial charge on any atom is -0.444 e. The van der Waals surface area contributed by atoms with Crippen LogP contribution >= 0.6 is 23.4 Å². The molecule has 0 aliphatic carbocycles. The van der Waals surface area contributed by atoms with Crippen LogP contribution in [0.2, 0.25) is 5.02 Å². The molecule has 352 valence electrons. The van der Waals surface area contributed by atoms with Crippen molar-refractivity contribution in [3.63, 3.8) is 0 Å². The van der Waals surface area contributed by atoms with Gasteiger partial charge in [0.15, 0.2) is 0 Å². The molecule has 1 aliphatic rings. The van der Waals surface area contributed by atoms with E-state index in [9.17, 15) is 39.6 Å². The van der Waals surface area contributed by atoms with E-state index in [0.29, 0.717) is 74.6 Å². The lowest BCUT2D eigenvalue weighted by Crippen LogP contribution is -2.42. The highest BCUT2D eigenvalue weighted by Gasteiger charge is 2.48. The van der Waals surface area contributed by atoms with E-state index in [-0.39, 0.29) is 11.7 Å². The van der Waals surface area contributed by atoms with Gasteiger partial charge in [-0.25, -0.2) is 26.4 Å². The van der Waals surface area contributed by atoms with Gasteiger partial charge in [0.2, 0.25) is 0 Å². The SMILES string of the molecule is CN(C)CC[C@H](CSc1ccccc1)Nc1ccc(S(=O)(=O)NC(=O)c2ccc(NCCNCC3=C(c4ccc(Cl)cc4)CCN(C(=O)OC(C)(C)C)C3)cc2)cc1S(=O)(=O)C(F)(F)F. The Hall–Kier alpha value is -4.79. The molecule has 0 radical (unpaired) electrons. The summed E-state index contributed by atoms with van der Waals surface area (Å²) in [4.78, 5) is 28.4. The fourth-order valence-corrected chi connectivity index (χ4v) is 9.81. The topological polar surface area (TPSA) is 166 Å². The molecule has 5 rings (SSSR count). The summed E-state index contributed by atoms with van der Waals surface area (Å²) in [5.41, 5.74) is -3.12. The van der Waals surface area contributed by atoms with Crippen LogP contribution in [0.15, 0.2) is 117 Å². The van der Waals surface area contributed by atoms with E-state index in [1.807, 2.05) is 99.1 Å². The van der Waals surface area contributed by atoms with E-state index in [2.05, 4.69) is 16.0 Å². The third-order valence-electron chi connectivity index (χ3n) is 9.96. The van der Waals surface area contributed by atoms with Crippen LogP contribution in [0.3, 0.4) is 0 Å². The molecule has 0 saturated heterocycles. The number of nitrogens with one attached hydrogen (secondary N) is 4. The first-order valence-corrected chi connectivity index (χ1v) is 25.0. The highest BCUT2D eigenvalue weighted by atomic mass is 35.5. The quantitative estimate of drug-likeness (QED) is 0.0525. The van der Waals surface area contributed by atoms with Crippen LogP contribution in [0.1, 0.15) is 49.5 Å². The van der Waals surface area contributed by atoms with Gasteiger partial charge in [0.25, 0.3) is 25.8 Å². The number of halogens is 4. The van der Waals surface area contributed by atoms with Crippen molar-refractivity contribution in [1.29, 1.82) is 0 Å². The third kappa shape index (κ3) is 14.9. The molecule has 0 fully saturated rings. The van der Waals surface area contributed by atoms with E-state index in [0.717, 1.165) is 33.7 Å². The molecule has 13 nitrogen and oxygen atoms in total. The fraction of sp³-hybridized carbons (Fsp3) is 0.378. The van der Waals surface area contributed by atoms with E-state index in [1.165, 1.54) is 23.9 Å². The van der Waals surface area contributed by atoms with Gasteiger partial charge >= 0.3 is 11.6 Å². The Labute approximate surface area is 388 Å². The molecular weight excluding hydrogens is 925 g/mol. The van der Waals surface area contributed by atoms with Gasteiger partial charge in [-0.1, -0.05) is 41.9 Å². The van der Waals surface area contributed by atoms with Gasteiger partial charge in [0.1, 0.15) is 10.5 Å². The number of carbonyl (C=O) groups is 2. The summed E-state index contributed by atoms with van der Waals surface area (Å²) >= 11 is 7.56. The number of amides is 2. The standard InChI is InChI=1S/C45H54ClF3N6O7S3/c1-44(2,3)62-43(57)55-26-22-39(31-11-15-34(46)16-12-31)33(29-55)28-50-23-24-51-35-17-13-32(14-18-35)42(56)53-65(60,61)38-19-20-40(41(27-38)64(58,59)45(47,48)49)52-36(21-25-54(4)5)30-63-37-9-7-6-8-10-37/h6-20,27,36,50-52H,21-26,28-30H2,1-5H3,(H,53,56)/t36-/m1/s1. The Bertz CT molecular complexity index is 2520. The van der Waals surface area contributed by atoms with Crippen molar-refractivity contribution in [2.75, 3.05) is 69.8 Å². The molecule has 20 heteroatoms. The number of benzene rings is 4. The molecule has 1 heterocycles. The maximum absolute atomic E-state index is 14.0. The normalized spacial score (nSPS) is 14.3. The summed E-state index contributed by atoms with van der Waals surface area (Å²) in [6.07, 6.45) is 0.667. The van der Waals surface area contributed by atoms with Crippen LogP contribution in [0.4, 0.5) is 29.3 Å². The van der Waals surface area contributed by atoms with E-state index >= 15 is 0 Å². The highest BCUT2D eigenvalue weighted by molar-refractivity contribution is 7.99. The summed E-state index contributed by atoms with van der Waals surface area (Å²) in [5.74, 6) is -0.729. The van der Waals surface area contributed by atoms with Crippen LogP contribution in [0.25, 0.3) is 5.57 Å². The maximum Gasteiger partial charge on any atom is 0.501 e. The van der Waals surface area contributed by atoms with E-state index < -0.39 is 58.4 Å². The Morgan fingerprint density at radius 3 is 2.22 bits per heavy atom. The van der Waals surface area contributed by atoms with Gasteiger partial charge in [-0.05, 0) is 138 Å². The first kappa shape index (κ1) is 51.2. The van der Waals surface area contributed by atoms with E-state index in [1.54, 1.807) is 17.0 Å². The van der Waals surface area contributed by atoms with Gasteiger partial charge in [-0.2, -0.15) is 13.2 Å². The van der Waals surface area contributed by atoms with Crippen LogP contribution in [-0.4, -0.2) is 115 Å². The number of ether oxygens (including phenoxy) is 1. The van der Waals surface area contributed by atoms with Crippen molar-refractivity contribution in [2.45, 2.75) is 65.5 Å². The summed E-state index contributed by atoms with van der Waals surface area (Å²) in [5, 5.41) is 10.2. The molecular formula is C45H54ClF3N6O7S3. The minimum atomic E-state index is -6.06. The predicted molar refractivity (Wildman–Crippen MR) is 251 cm³/mol.